The summed E-state index contributed by atoms with van der Waals surface area (Å²) in [5.74, 6) is 2.25. The number of benzene rings is 1. The van der Waals surface area contributed by atoms with Crippen molar-refractivity contribution < 1.29 is 4.42 Å². The van der Waals surface area contributed by atoms with Crippen molar-refractivity contribution in [3.63, 3.8) is 0 Å². The largest absolute Gasteiger partial charge is 0.462 e. The van der Waals surface area contributed by atoms with Crippen LogP contribution in [0.3, 0.4) is 0 Å². The molecule has 124 valence electrons. The van der Waals surface area contributed by atoms with Gasteiger partial charge in [0.15, 0.2) is 10.8 Å². The summed E-state index contributed by atoms with van der Waals surface area (Å²) in [5, 5.41) is 10.8. The lowest BCUT2D eigenvalue weighted by Crippen LogP contribution is -1.82. The second kappa shape index (κ2) is 7.50. The zero-order chi connectivity index (χ0) is 16.9. The molecule has 0 amide bonds. The van der Waals surface area contributed by atoms with Crippen LogP contribution in [-0.4, -0.2) is 20.2 Å². The van der Waals surface area contributed by atoms with E-state index in [2.05, 4.69) is 20.2 Å². The van der Waals surface area contributed by atoms with E-state index in [1.807, 2.05) is 60.0 Å². The van der Waals surface area contributed by atoms with Crippen molar-refractivity contribution >= 4 is 35.3 Å². The first-order valence-electron chi connectivity index (χ1n) is 7.63. The fraction of sp³-hybridized carbons (Fsp3) is 0.0556. The lowest BCUT2D eigenvalue weighted by atomic mass is 10.2. The summed E-state index contributed by atoms with van der Waals surface area (Å²) in [4.78, 5) is 9.04. The molecule has 5 nitrogen and oxygen atoms in total. The van der Waals surface area contributed by atoms with Gasteiger partial charge in [-0.1, -0.05) is 48.2 Å². The van der Waals surface area contributed by atoms with Crippen molar-refractivity contribution in [2.45, 2.75) is 10.9 Å². The van der Waals surface area contributed by atoms with Gasteiger partial charge in [0.25, 0.3) is 0 Å². The fourth-order valence-electron chi connectivity index (χ4n) is 2.16. The summed E-state index contributed by atoms with van der Waals surface area (Å²) >= 11 is 3.13. The molecule has 0 aliphatic carbocycles. The first kappa shape index (κ1) is 15.9. The van der Waals surface area contributed by atoms with Gasteiger partial charge in [-0.05, 0) is 23.8 Å². The smallest absolute Gasteiger partial charge is 0.209 e. The average molecular weight is 366 g/mol. The Morgan fingerprint density at radius 2 is 2.00 bits per heavy atom. The van der Waals surface area contributed by atoms with Gasteiger partial charge in [-0.15, -0.1) is 16.4 Å². The standard InChI is InChI=1S/C18H14N4OS2/c1-2-5-13(6-3-1)8-9-16-20-18(22-21-16)25-12-14-11-24-17(19-14)15-7-4-10-23-15/h1-11H,12H2,(H,20,21,22)/b9-8+. The number of furan rings is 1. The minimum atomic E-state index is 0.709. The molecule has 0 spiro atoms. The second-order valence-corrected chi connectivity index (χ2v) is 6.96. The molecule has 1 aromatic carbocycles. The highest BCUT2D eigenvalue weighted by molar-refractivity contribution is 7.98. The maximum absolute atomic E-state index is 5.37. The number of nitrogens with zero attached hydrogens (tertiary/aromatic N) is 3. The summed E-state index contributed by atoms with van der Waals surface area (Å²) in [6, 6.07) is 13.9. The van der Waals surface area contributed by atoms with E-state index in [4.69, 9.17) is 4.42 Å². The van der Waals surface area contributed by atoms with E-state index in [-0.39, 0.29) is 0 Å². The lowest BCUT2D eigenvalue weighted by Gasteiger charge is -1.92. The summed E-state index contributed by atoms with van der Waals surface area (Å²) in [5.41, 5.74) is 2.12. The third-order valence-electron chi connectivity index (χ3n) is 3.35. The number of hydrogen-bond acceptors (Lipinski definition) is 6. The Kier molecular flexibility index (Phi) is 4.76. The van der Waals surface area contributed by atoms with E-state index < -0.39 is 0 Å². The average Bonchev–Trinajstić information content (AvgIpc) is 3.40. The van der Waals surface area contributed by atoms with E-state index in [0.717, 1.165) is 33.6 Å². The van der Waals surface area contributed by atoms with Crippen molar-refractivity contribution in [2.75, 3.05) is 0 Å². The second-order valence-electron chi connectivity index (χ2n) is 5.16. The molecule has 0 saturated carbocycles. The third kappa shape index (κ3) is 4.07. The van der Waals surface area contributed by atoms with Crippen LogP contribution < -0.4 is 0 Å². The minimum Gasteiger partial charge on any atom is -0.462 e. The number of H-pyrrole nitrogens is 1. The predicted molar refractivity (Wildman–Crippen MR) is 101 cm³/mol. The first-order valence-corrected chi connectivity index (χ1v) is 9.50. The summed E-state index contributed by atoms with van der Waals surface area (Å²) in [6.07, 6.45) is 5.58. The van der Waals surface area contributed by atoms with E-state index in [9.17, 15) is 0 Å². The Morgan fingerprint density at radius 1 is 1.08 bits per heavy atom. The number of thioether (sulfide) groups is 1. The van der Waals surface area contributed by atoms with E-state index >= 15 is 0 Å². The Hall–Kier alpha value is -2.64. The van der Waals surface area contributed by atoms with Crippen LogP contribution >= 0.6 is 23.1 Å². The topological polar surface area (TPSA) is 67.6 Å². The lowest BCUT2D eigenvalue weighted by molar-refractivity contribution is 0.581. The van der Waals surface area contributed by atoms with Gasteiger partial charge in [0.05, 0.1) is 12.0 Å². The molecular weight excluding hydrogens is 352 g/mol. The molecule has 4 rings (SSSR count). The Labute approximate surface area is 152 Å². The van der Waals surface area contributed by atoms with Gasteiger partial charge in [-0.3, -0.25) is 5.10 Å². The number of aromatic nitrogens is 4. The SMILES string of the molecule is C(=C\c1nc(SCc2csc(-c3ccco3)n2)n[nH]1)/c1ccccc1. The van der Waals surface area contributed by atoms with Crippen LogP contribution in [0.5, 0.6) is 0 Å². The molecule has 0 unspecified atom stereocenters. The van der Waals surface area contributed by atoms with E-state index in [1.54, 1.807) is 29.4 Å². The van der Waals surface area contributed by atoms with Crippen LogP contribution in [0.15, 0.2) is 63.7 Å². The molecule has 4 aromatic rings. The normalized spacial score (nSPS) is 11.4. The van der Waals surface area contributed by atoms with Crippen molar-refractivity contribution in [1.29, 1.82) is 0 Å². The maximum atomic E-state index is 5.37. The summed E-state index contributed by atoms with van der Waals surface area (Å²) in [6.45, 7) is 0. The molecule has 0 bridgehead atoms. The molecule has 3 aromatic heterocycles. The van der Waals surface area contributed by atoms with Crippen molar-refractivity contribution in [2.24, 2.45) is 0 Å². The molecule has 0 fully saturated rings. The molecule has 7 heteroatoms. The maximum Gasteiger partial charge on any atom is 0.209 e. The third-order valence-corrected chi connectivity index (χ3v) is 5.13. The van der Waals surface area contributed by atoms with Gasteiger partial charge in [0.1, 0.15) is 5.82 Å². The zero-order valence-corrected chi connectivity index (χ0v) is 14.8. The Balaban J connectivity index is 1.36. The molecule has 0 aliphatic rings. The Bertz CT molecular complexity index is 958. The highest BCUT2D eigenvalue weighted by Crippen LogP contribution is 2.27. The van der Waals surface area contributed by atoms with Crippen LogP contribution in [0.4, 0.5) is 0 Å². The molecule has 0 radical (unpaired) electrons. The van der Waals surface area contributed by atoms with Gasteiger partial charge in [-0.2, -0.15) is 0 Å². The summed E-state index contributed by atoms with van der Waals surface area (Å²) in [7, 11) is 0. The molecule has 0 atom stereocenters. The number of aromatic amines is 1. The van der Waals surface area contributed by atoms with E-state index in [0.29, 0.717) is 5.16 Å². The Morgan fingerprint density at radius 3 is 2.84 bits per heavy atom. The monoisotopic (exact) mass is 366 g/mol. The zero-order valence-electron chi connectivity index (χ0n) is 13.1. The predicted octanol–water partition coefficient (Wildman–Crippen LogP) is 4.98. The number of rotatable bonds is 6. The fourth-order valence-corrected chi connectivity index (χ4v) is 3.75. The molecule has 25 heavy (non-hydrogen) atoms. The first-order chi connectivity index (χ1) is 12.4. The summed E-state index contributed by atoms with van der Waals surface area (Å²) < 4.78 is 5.37. The van der Waals surface area contributed by atoms with Gasteiger partial charge in [0, 0.05) is 11.1 Å². The molecule has 3 heterocycles. The van der Waals surface area contributed by atoms with Crippen LogP contribution in [0.1, 0.15) is 17.1 Å². The van der Waals surface area contributed by atoms with Crippen molar-refractivity contribution in [1.82, 2.24) is 20.2 Å². The number of thiazole rings is 1. The van der Waals surface area contributed by atoms with Gasteiger partial charge >= 0.3 is 0 Å². The van der Waals surface area contributed by atoms with E-state index in [1.165, 1.54) is 0 Å². The molecule has 0 aliphatic heterocycles. The molecular formula is C18H14N4OS2. The molecule has 0 saturated heterocycles. The highest BCUT2D eigenvalue weighted by atomic mass is 32.2. The number of nitrogens with one attached hydrogen (secondary N) is 1. The van der Waals surface area contributed by atoms with Crippen molar-refractivity contribution in [3.8, 4) is 10.8 Å². The van der Waals surface area contributed by atoms with Gasteiger partial charge < -0.3 is 4.42 Å². The highest BCUT2D eigenvalue weighted by Gasteiger charge is 2.09. The van der Waals surface area contributed by atoms with Crippen molar-refractivity contribution in [3.05, 3.63) is 71.2 Å². The van der Waals surface area contributed by atoms with Gasteiger partial charge in [-0.25, -0.2) is 9.97 Å². The van der Waals surface area contributed by atoms with Gasteiger partial charge in [0.2, 0.25) is 5.16 Å². The minimum absolute atomic E-state index is 0.709. The van der Waals surface area contributed by atoms with Crippen LogP contribution in [0.2, 0.25) is 0 Å². The van der Waals surface area contributed by atoms with Crippen LogP contribution in [-0.2, 0) is 5.75 Å². The number of hydrogen-bond donors (Lipinski definition) is 1. The van der Waals surface area contributed by atoms with Crippen LogP contribution in [0.25, 0.3) is 22.9 Å². The van der Waals surface area contributed by atoms with Crippen LogP contribution in [0, 0.1) is 0 Å². The molecule has 1 N–H and O–H groups in total. The quantitative estimate of drug-likeness (QED) is 0.487.